The molecule has 0 aliphatic carbocycles. The lowest BCUT2D eigenvalue weighted by molar-refractivity contribution is -0.127. The van der Waals surface area contributed by atoms with E-state index >= 15 is 0 Å². The van der Waals surface area contributed by atoms with Gasteiger partial charge in [-0.1, -0.05) is 60.7 Å². The lowest BCUT2D eigenvalue weighted by Crippen LogP contribution is -2.28. The number of rotatable bonds is 7. The number of benzene rings is 2. The molecule has 0 saturated heterocycles. The van der Waals surface area contributed by atoms with E-state index in [1.54, 1.807) is 0 Å². The third-order valence-electron chi connectivity index (χ3n) is 3.06. The van der Waals surface area contributed by atoms with Crippen LogP contribution in [0.2, 0.25) is 0 Å². The molecule has 21 heavy (non-hydrogen) atoms. The molecule has 4 nitrogen and oxygen atoms in total. The van der Waals surface area contributed by atoms with Gasteiger partial charge in [0.2, 0.25) is 0 Å². The Labute approximate surface area is 123 Å². The largest absolute Gasteiger partial charge is 0.365 e. The van der Waals surface area contributed by atoms with Gasteiger partial charge < -0.3 is 10.3 Å². The highest BCUT2D eigenvalue weighted by Crippen LogP contribution is 2.10. The van der Waals surface area contributed by atoms with Crippen LogP contribution in [-0.2, 0) is 22.6 Å². The number of nitrogens with zero attached hydrogens (tertiary/aromatic N) is 2. The van der Waals surface area contributed by atoms with Crippen LogP contribution in [0.4, 0.5) is 0 Å². The topological polar surface area (TPSA) is 62.7 Å². The van der Waals surface area contributed by atoms with Crippen LogP contribution < -0.4 is 0 Å². The fourth-order valence-electron chi connectivity index (χ4n) is 1.98. The molecule has 0 bridgehead atoms. The van der Waals surface area contributed by atoms with Crippen LogP contribution in [-0.4, -0.2) is 22.9 Å². The summed E-state index contributed by atoms with van der Waals surface area (Å²) in [4.78, 5) is 14.7. The Morgan fingerprint density at radius 3 is 2.19 bits per heavy atom. The standard InChI is InChI=1S/C17H16N2O2/c18-19-12-16(20)17(11-14-7-3-1-4-8-14)21-13-15-9-5-2-6-10-15/h1-10,12,17H,11,13H2/t17-/m0/s1. The Bertz CT molecular complexity index is 620. The minimum Gasteiger partial charge on any atom is -0.365 e. The van der Waals surface area contributed by atoms with Crippen molar-refractivity contribution in [1.82, 2.24) is 0 Å². The highest BCUT2D eigenvalue weighted by Gasteiger charge is 2.21. The third kappa shape index (κ3) is 4.80. The average molecular weight is 280 g/mol. The van der Waals surface area contributed by atoms with Crippen LogP contribution in [0.1, 0.15) is 11.1 Å². The van der Waals surface area contributed by atoms with Crippen LogP contribution in [0.3, 0.4) is 0 Å². The van der Waals surface area contributed by atoms with Gasteiger partial charge >= 0.3 is 6.21 Å². The maximum absolute atomic E-state index is 11.9. The van der Waals surface area contributed by atoms with Crippen molar-refractivity contribution in [3.8, 4) is 0 Å². The van der Waals surface area contributed by atoms with Crippen LogP contribution in [0.15, 0.2) is 60.7 Å². The van der Waals surface area contributed by atoms with Crippen molar-refractivity contribution in [2.75, 3.05) is 0 Å². The van der Waals surface area contributed by atoms with E-state index in [2.05, 4.69) is 4.79 Å². The molecule has 0 spiro atoms. The Kier molecular flexibility index (Phi) is 5.59. The predicted molar refractivity (Wildman–Crippen MR) is 79.9 cm³/mol. The quantitative estimate of drug-likeness (QED) is 0.444. The molecule has 106 valence electrons. The first-order chi connectivity index (χ1) is 10.3. The predicted octanol–water partition coefficient (Wildman–Crippen LogP) is 2.68. The molecular formula is C17H16N2O2. The molecule has 1 atom stereocenters. The summed E-state index contributed by atoms with van der Waals surface area (Å²) in [6.07, 6.45) is 0.667. The molecule has 2 aromatic rings. The van der Waals surface area contributed by atoms with Crippen molar-refractivity contribution in [3.05, 3.63) is 77.3 Å². The average Bonchev–Trinajstić information content (AvgIpc) is 2.53. The van der Waals surface area contributed by atoms with Crippen molar-refractivity contribution < 1.29 is 14.3 Å². The van der Waals surface area contributed by atoms with Gasteiger partial charge in [-0.3, -0.25) is 4.79 Å². The molecule has 0 heterocycles. The SMILES string of the molecule is [N-]=[N+]=CC(=O)[C@H](Cc1ccccc1)OCc1ccccc1. The summed E-state index contributed by atoms with van der Waals surface area (Å²) in [5.41, 5.74) is 10.5. The normalized spacial score (nSPS) is 11.4. The summed E-state index contributed by atoms with van der Waals surface area (Å²) < 4.78 is 5.69. The molecule has 0 radical (unpaired) electrons. The van der Waals surface area contributed by atoms with Crippen molar-refractivity contribution in [1.29, 1.82) is 0 Å². The number of hydrogen-bond donors (Lipinski definition) is 0. The maximum Gasteiger partial charge on any atom is 0.325 e. The minimum absolute atomic E-state index is 0.337. The molecular weight excluding hydrogens is 264 g/mol. The monoisotopic (exact) mass is 280 g/mol. The molecule has 0 unspecified atom stereocenters. The molecule has 2 aromatic carbocycles. The summed E-state index contributed by atoms with van der Waals surface area (Å²) in [7, 11) is 0. The summed E-state index contributed by atoms with van der Waals surface area (Å²) in [6.45, 7) is 0.337. The maximum atomic E-state index is 11.9. The van der Waals surface area contributed by atoms with E-state index < -0.39 is 6.10 Å². The first-order valence-corrected chi connectivity index (χ1v) is 6.70. The second kappa shape index (κ2) is 7.90. The van der Waals surface area contributed by atoms with Gasteiger partial charge in [0.05, 0.1) is 6.61 Å². The highest BCUT2D eigenvalue weighted by atomic mass is 16.5. The van der Waals surface area contributed by atoms with Gasteiger partial charge in [0.25, 0.3) is 5.78 Å². The molecule has 0 aliphatic rings. The van der Waals surface area contributed by atoms with E-state index in [0.29, 0.717) is 13.0 Å². The van der Waals surface area contributed by atoms with Crippen LogP contribution in [0, 0.1) is 0 Å². The van der Waals surface area contributed by atoms with Crippen molar-refractivity contribution in [2.45, 2.75) is 19.1 Å². The zero-order valence-corrected chi connectivity index (χ0v) is 11.6. The van der Waals surface area contributed by atoms with Crippen LogP contribution >= 0.6 is 0 Å². The zero-order chi connectivity index (χ0) is 14.9. The second-order valence-electron chi connectivity index (χ2n) is 4.62. The number of ether oxygens (including phenoxy) is 1. The molecule has 0 amide bonds. The van der Waals surface area contributed by atoms with Gasteiger partial charge in [-0.25, -0.2) is 0 Å². The minimum atomic E-state index is -0.663. The Hall–Kier alpha value is -2.55. The Morgan fingerprint density at radius 2 is 1.62 bits per heavy atom. The fraction of sp³-hybridized carbons (Fsp3) is 0.176. The van der Waals surface area contributed by atoms with Gasteiger partial charge in [0.1, 0.15) is 6.10 Å². The van der Waals surface area contributed by atoms with Gasteiger partial charge in [-0.05, 0) is 11.1 Å². The van der Waals surface area contributed by atoms with E-state index in [0.717, 1.165) is 17.3 Å². The van der Waals surface area contributed by atoms with Gasteiger partial charge in [-0.2, -0.15) is 4.79 Å². The lowest BCUT2D eigenvalue weighted by Gasteiger charge is -2.14. The van der Waals surface area contributed by atoms with E-state index in [4.69, 9.17) is 10.3 Å². The zero-order valence-electron chi connectivity index (χ0n) is 11.6. The Morgan fingerprint density at radius 1 is 1.05 bits per heavy atom. The lowest BCUT2D eigenvalue weighted by atomic mass is 10.1. The Balaban J connectivity index is 2.05. The van der Waals surface area contributed by atoms with Crippen LogP contribution in [0.5, 0.6) is 0 Å². The summed E-state index contributed by atoms with van der Waals surface area (Å²) in [6, 6.07) is 19.2. The summed E-state index contributed by atoms with van der Waals surface area (Å²) in [5.74, 6) is -0.350. The van der Waals surface area contributed by atoms with E-state index in [1.165, 1.54) is 0 Å². The third-order valence-corrected chi connectivity index (χ3v) is 3.06. The van der Waals surface area contributed by atoms with Crippen LogP contribution in [0.25, 0.3) is 5.53 Å². The molecule has 0 aromatic heterocycles. The van der Waals surface area contributed by atoms with E-state index in [-0.39, 0.29) is 5.78 Å². The van der Waals surface area contributed by atoms with E-state index in [1.807, 2.05) is 60.7 Å². The first kappa shape index (κ1) is 14.9. The van der Waals surface area contributed by atoms with Gasteiger partial charge in [0, 0.05) is 6.42 Å². The molecule has 0 saturated carbocycles. The molecule has 2 rings (SSSR count). The number of ketones is 1. The highest BCUT2D eigenvalue weighted by molar-refractivity contribution is 6.27. The summed E-state index contributed by atoms with van der Waals surface area (Å²) >= 11 is 0. The van der Waals surface area contributed by atoms with Gasteiger partial charge in [0.15, 0.2) is 0 Å². The number of carbonyl (C=O) groups excluding carboxylic acids is 1. The van der Waals surface area contributed by atoms with Crippen molar-refractivity contribution in [3.63, 3.8) is 0 Å². The number of Topliss-reactive ketones (excluding diaryl/α,β-unsaturated/α-hetero) is 1. The smallest absolute Gasteiger partial charge is 0.325 e. The van der Waals surface area contributed by atoms with Crippen molar-refractivity contribution >= 4 is 12.0 Å². The first-order valence-electron chi connectivity index (χ1n) is 6.70. The molecule has 0 N–H and O–H groups in total. The molecule has 0 aliphatic heterocycles. The van der Waals surface area contributed by atoms with Crippen molar-refractivity contribution in [2.24, 2.45) is 0 Å². The second-order valence-corrected chi connectivity index (χ2v) is 4.62. The fourth-order valence-corrected chi connectivity index (χ4v) is 1.98. The number of hydrogen-bond acceptors (Lipinski definition) is 2. The van der Waals surface area contributed by atoms with E-state index in [9.17, 15) is 4.79 Å². The number of carbonyl (C=O) groups is 1. The molecule has 4 heteroatoms. The van der Waals surface area contributed by atoms with Gasteiger partial charge in [-0.15, -0.1) is 0 Å². The summed E-state index contributed by atoms with van der Waals surface area (Å²) in [5, 5.41) is 0. The molecule has 0 fully saturated rings.